The Balaban J connectivity index is 2.23. The first-order valence-corrected chi connectivity index (χ1v) is 6.10. The first-order valence-electron chi connectivity index (χ1n) is 6.10. The largest absolute Gasteiger partial charge is 0.325 e. The molecule has 2 rings (SSSR count). The summed E-state index contributed by atoms with van der Waals surface area (Å²) in [7, 11) is 0. The van der Waals surface area contributed by atoms with E-state index in [1.807, 2.05) is 0 Å². The van der Waals surface area contributed by atoms with Crippen LogP contribution in [0, 0.1) is 0 Å². The highest BCUT2D eigenvalue weighted by Crippen LogP contribution is 2.28. The van der Waals surface area contributed by atoms with E-state index in [2.05, 4.69) is 9.97 Å². The molecule has 0 unspecified atom stereocenters. The van der Waals surface area contributed by atoms with Crippen molar-refractivity contribution in [2.45, 2.75) is 51.0 Å². The SMILES string of the molecule is NCc1cc(=O)[nH]c(C2CCCCCC2)n1. The normalized spacial score (nSPS) is 18.3. The fraction of sp³-hybridized carbons (Fsp3) is 0.667. The van der Waals surface area contributed by atoms with Gasteiger partial charge in [-0.25, -0.2) is 4.98 Å². The molecule has 1 aromatic rings. The number of H-pyrrole nitrogens is 1. The predicted molar refractivity (Wildman–Crippen MR) is 63.2 cm³/mol. The third kappa shape index (κ3) is 2.70. The van der Waals surface area contributed by atoms with Gasteiger partial charge in [-0.2, -0.15) is 0 Å². The predicted octanol–water partition coefficient (Wildman–Crippen LogP) is 1.67. The van der Waals surface area contributed by atoms with E-state index < -0.39 is 0 Å². The zero-order chi connectivity index (χ0) is 11.4. The number of nitrogens with zero attached hydrogens (tertiary/aromatic N) is 1. The van der Waals surface area contributed by atoms with Gasteiger partial charge in [-0.05, 0) is 12.8 Å². The molecule has 0 bridgehead atoms. The van der Waals surface area contributed by atoms with Crippen LogP contribution in [0.1, 0.15) is 56.0 Å². The molecule has 0 atom stereocenters. The van der Waals surface area contributed by atoms with Crippen LogP contribution in [0.4, 0.5) is 0 Å². The minimum atomic E-state index is -0.0744. The molecule has 4 nitrogen and oxygen atoms in total. The Bertz CT molecular complexity index is 391. The second-order valence-corrected chi connectivity index (χ2v) is 4.51. The Morgan fingerprint density at radius 1 is 1.31 bits per heavy atom. The van der Waals surface area contributed by atoms with Crippen LogP contribution in [-0.2, 0) is 6.54 Å². The van der Waals surface area contributed by atoms with Gasteiger partial charge >= 0.3 is 0 Å². The molecule has 1 heterocycles. The van der Waals surface area contributed by atoms with Crippen molar-refractivity contribution in [1.82, 2.24) is 9.97 Å². The Morgan fingerprint density at radius 3 is 2.62 bits per heavy atom. The number of hydrogen-bond donors (Lipinski definition) is 2. The molecule has 88 valence electrons. The summed E-state index contributed by atoms with van der Waals surface area (Å²) in [4.78, 5) is 18.7. The molecule has 1 aliphatic rings. The third-order valence-electron chi connectivity index (χ3n) is 3.26. The average Bonchev–Trinajstić information content (AvgIpc) is 2.56. The number of rotatable bonds is 2. The van der Waals surface area contributed by atoms with Gasteiger partial charge in [0.25, 0.3) is 5.56 Å². The highest BCUT2D eigenvalue weighted by molar-refractivity contribution is 5.06. The molecule has 0 radical (unpaired) electrons. The highest BCUT2D eigenvalue weighted by atomic mass is 16.1. The summed E-state index contributed by atoms with van der Waals surface area (Å²) in [6.07, 6.45) is 7.35. The highest BCUT2D eigenvalue weighted by Gasteiger charge is 2.16. The van der Waals surface area contributed by atoms with Crippen molar-refractivity contribution in [3.8, 4) is 0 Å². The molecule has 3 N–H and O–H groups in total. The number of aromatic nitrogens is 2. The average molecular weight is 221 g/mol. The summed E-state index contributed by atoms with van der Waals surface area (Å²) < 4.78 is 0. The summed E-state index contributed by atoms with van der Waals surface area (Å²) in [5.74, 6) is 1.26. The Labute approximate surface area is 95.3 Å². The molecule has 1 aromatic heterocycles. The lowest BCUT2D eigenvalue weighted by molar-refractivity contribution is 0.555. The van der Waals surface area contributed by atoms with Crippen LogP contribution in [0.15, 0.2) is 10.9 Å². The van der Waals surface area contributed by atoms with Gasteiger partial charge in [0.05, 0.1) is 5.69 Å². The van der Waals surface area contributed by atoms with Crippen LogP contribution in [0.5, 0.6) is 0 Å². The van der Waals surface area contributed by atoms with E-state index >= 15 is 0 Å². The summed E-state index contributed by atoms with van der Waals surface area (Å²) in [6.45, 7) is 0.337. The number of nitrogens with one attached hydrogen (secondary N) is 1. The quantitative estimate of drug-likeness (QED) is 0.746. The molecule has 1 aliphatic carbocycles. The lowest BCUT2D eigenvalue weighted by Crippen LogP contribution is -2.17. The maximum absolute atomic E-state index is 11.4. The fourth-order valence-electron chi connectivity index (χ4n) is 2.38. The van der Waals surface area contributed by atoms with Crippen molar-refractivity contribution < 1.29 is 0 Å². The van der Waals surface area contributed by atoms with Crippen molar-refractivity contribution in [2.24, 2.45) is 5.73 Å². The summed E-state index contributed by atoms with van der Waals surface area (Å²) >= 11 is 0. The molecule has 0 aromatic carbocycles. The van der Waals surface area contributed by atoms with Gasteiger partial charge in [0.1, 0.15) is 5.82 Å². The van der Waals surface area contributed by atoms with Crippen LogP contribution in [-0.4, -0.2) is 9.97 Å². The number of hydrogen-bond acceptors (Lipinski definition) is 3. The van der Waals surface area contributed by atoms with E-state index in [-0.39, 0.29) is 5.56 Å². The van der Waals surface area contributed by atoms with E-state index in [9.17, 15) is 4.79 Å². The topological polar surface area (TPSA) is 71.8 Å². The monoisotopic (exact) mass is 221 g/mol. The zero-order valence-corrected chi connectivity index (χ0v) is 9.54. The molecule has 0 aliphatic heterocycles. The van der Waals surface area contributed by atoms with Gasteiger partial charge in [0.15, 0.2) is 0 Å². The molecule has 4 heteroatoms. The van der Waals surface area contributed by atoms with Gasteiger partial charge < -0.3 is 10.7 Å². The van der Waals surface area contributed by atoms with Crippen molar-refractivity contribution >= 4 is 0 Å². The maximum Gasteiger partial charge on any atom is 0.251 e. The number of nitrogens with two attached hydrogens (primary N) is 1. The fourth-order valence-corrected chi connectivity index (χ4v) is 2.38. The van der Waals surface area contributed by atoms with Crippen molar-refractivity contribution in [3.63, 3.8) is 0 Å². The maximum atomic E-state index is 11.4. The molecular formula is C12H19N3O. The van der Waals surface area contributed by atoms with Crippen molar-refractivity contribution in [1.29, 1.82) is 0 Å². The lowest BCUT2D eigenvalue weighted by Gasteiger charge is -2.13. The molecular weight excluding hydrogens is 202 g/mol. The van der Waals surface area contributed by atoms with Gasteiger partial charge in [-0.3, -0.25) is 4.79 Å². The van der Waals surface area contributed by atoms with Crippen LogP contribution in [0.2, 0.25) is 0 Å². The van der Waals surface area contributed by atoms with E-state index in [4.69, 9.17) is 5.73 Å². The van der Waals surface area contributed by atoms with Gasteiger partial charge in [-0.15, -0.1) is 0 Å². The van der Waals surface area contributed by atoms with E-state index in [1.54, 1.807) is 0 Å². The van der Waals surface area contributed by atoms with Gasteiger partial charge in [0, 0.05) is 18.5 Å². The summed E-state index contributed by atoms with van der Waals surface area (Å²) in [5, 5.41) is 0. The minimum Gasteiger partial charge on any atom is -0.325 e. The van der Waals surface area contributed by atoms with Crippen molar-refractivity contribution in [2.75, 3.05) is 0 Å². The lowest BCUT2D eigenvalue weighted by atomic mass is 9.99. The Kier molecular flexibility index (Phi) is 3.72. The molecule has 16 heavy (non-hydrogen) atoms. The summed E-state index contributed by atoms with van der Waals surface area (Å²) in [5.41, 5.74) is 6.16. The second-order valence-electron chi connectivity index (χ2n) is 4.51. The minimum absolute atomic E-state index is 0.0744. The Hall–Kier alpha value is -1.16. The first-order chi connectivity index (χ1) is 7.79. The molecule has 0 spiro atoms. The van der Waals surface area contributed by atoms with Crippen LogP contribution >= 0.6 is 0 Å². The van der Waals surface area contributed by atoms with Crippen LogP contribution in [0.3, 0.4) is 0 Å². The zero-order valence-electron chi connectivity index (χ0n) is 9.54. The third-order valence-corrected chi connectivity index (χ3v) is 3.26. The van der Waals surface area contributed by atoms with Crippen LogP contribution in [0.25, 0.3) is 0 Å². The molecule has 0 amide bonds. The van der Waals surface area contributed by atoms with Gasteiger partial charge in [-0.1, -0.05) is 25.7 Å². The molecule has 1 fully saturated rings. The second kappa shape index (κ2) is 5.25. The molecule has 0 saturated heterocycles. The van der Waals surface area contributed by atoms with E-state index in [1.165, 1.54) is 31.7 Å². The van der Waals surface area contributed by atoms with E-state index in [0.717, 1.165) is 18.7 Å². The van der Waals surface area contributed by atoms with Crippen LogP contribution < -0.4 is 11.3 Å². The van der Waals surface area contributed by atoms with Crippen molar-refractivity contribution in [3.05, 3.63) is 27.9 Å². The standard InChI is InChI=1S/C12H19N3O/c13-8-10-7-11(16)15-12(14-10)9-5-3-1-2-4-6-9/h7,9H,1-6,8,13H2,(H,14,15,16). The smallest absolute Gasteiger partial charge is 0.251 e. The van der Waals surface area contributed by atoms with Gasteiger partial charge in [0.2, 0.25) is 0 Å². The first kappa shape index (κ1) is 11.3. The Morgan fingerprint density at radius 2 is 2.00 bits per heavy atom. The summed E-state index contributed by atoms with van der Waals surface area (Å²) in [6, 6.07) is 1.49. The number of aromatic amines is 1. The van der Waals surface area contributed by atoms with E-state index in [0.29, 0.717) is 18.2 Å². The molecule has 1 saturated carbocycles.